The molecule has 0 spiro atoms. The fourth-order valence-electron chi connectivity index (χ4n) is 2.52. The lowest BCUT2D eigenvalue weighted by molar-refractivity contribution is 0.102. The van der Waals surface area contributed by atoms with Crippen molar-refractivity contribution in [1.82, 2.24) is 19.9 Å². The number of aromatic nitrogens is 4. The Morgan fingerprint density at radius 2 is 2.21 bits per heavy atom. The van der Waals surface area contributed by atoms with Gasteiger partial charge in [0.1, 0.15) is 5.82 Å². The number of hydrogen-bond donors (Lipinski definition) is 2. The van der Waals surface area contributed by atoms with Gasteiger partial charge in [-0.2, -0.15) is 0 Å². The predicted octanol–water partition coefficient (Wildman–Crippen LogP) is 3.17. The summed E-state index contributed by atoms with van der Waals surface area (Å²) in [6, 6.07) is 9.04. The summed E-state index contributed by atoms with van der Waals surface area (Å²) in [6.45, 7) is 1.82. The van der Waals surface area contributed by atoms with Crippen LogP contribution >= 0.6 is 0 Å². The van der Waals surface area contributed by atoms with Gasteiger partial charge in [-0.3, -0.25) is 4.79 Å². The van der Waals surface area contributed by atoms with Crippen molar-refractivity contribution in [3.63, 3.8) is 0 Å². The maximum absolute atomic E-state index is 12.6. The third-order valence-corrected chi connectivity index (χ3v) is 3.59. The number of nitrogens with one attached hydrogen (secondary N) is 2. The second kappa shape index (κ2) is 5.62. The van der Waals surface area contributed by atoms with Gasteiger partial charge in [-0.25, -0.2) is 15.0 Å². The van der Waals surface area contributed by atoms with Gasteiger partial charge in [-0.05, 0) is 25.1 Å². The fourth-order valence-corrected chi connectivity index (χ4v) is 2.52. The number of amides is 1. The maximum Gasteiger partial charge on any atom is 0.257 e. The van der Waals surface area contributed by atoms with Gasteiger partial charge in [0.25, 0.3) is 5.91 Å². The molecule has 0 fully saturated rings. The molecule has 0 radical (unpaired) electrons. The number of fused-ring (bicyclic) bond motifs is 1. The van der Waals surface area contributed by atoms with E-state index in [1.54, 1.807) is 18.5 Å². The molecule has 118 valence electrons. The number of carbonyl (C=O) groups excluding carboxylic acids is 1. The van der Waals surface area contributed by atoms with Crippen molar-refractivity contribution >= 4 is 22.8 Å². The van der Waals surface area contributed by atoms with Gasteiger partial charge < -0.3 is 14.7 Å². The SMILES string of the molecule is Cc1nc2nccc(C(=O)Nc3cccc(-c4cnco4)c3)c2[nH]1. The van der Waals surface area contributed by atoms with E-state index in [4.69, 9.17) is 4.42 Å². The Labute approximate surface area is 136 Å². The monoisotopic (exact) mass is 319 g/mol. The molecule has 0 saturated heterocycles. The Morgan fingerprint density at radius 3 is 3.04 bits per heavy atom. The second-order valence-electron chi connectivity index (χ2n) is 5.28. The fraction of sp³-hybridized carbons (Fsp3) is 0.0588. The summed E-state index contributed by atoms with van der Waals surface area (Å²) >= 11 is 0. The lowest BCUT2D eigenvalue weighted by Gasteiger charge is -2.07. The van der Waals surface area contributed by atoms with E-state index in [9.17, 15) is 4.79 Å². The van der Waals surface area contributed by atoms with Gasteiger partial charge in [0, 0.05) is 17.4 Å². The maximum atomic E-state index is 12.6. The Bertz CT molecular complexity index is 1020. The lowest BCUT2D eigenvalue weighted by Crippen LogP contribution is -2.12. The molecule has 0 saturated carbocycles. The van der Waals surface area contributed by atoms with Crippen LogP contribution in [0.5, 0.6) is 0 Å². The number of H-pyrrole nitrogens is 1. The molecule has 0 aliphatic rings. The van der Waals surface area contributed by atoms with E-state index in [2.05, 4.69) is 25.3 Å². The topological polar surface area (TPSA) is 96.7 Å². The molecule has 0 aliphatic heterocycles. The Kier molecular flexibility index (Phi) is 3.31. The molecule has 3 aromatic heterocycles. The molecule has 0 unspecified atom stereocenters. The smallest absolute Gasteiger partial charge is 0.257 e. The van der Waals surface area contributed by atoms with Crippen LogP contribution in [0.3, 0.4) is 0 Å². The van der Waals surface area contributed by atoms with E-state index in [0.29, 0.717) is 34.0 Å². The number of pyridine rings is 1. The van der Waals surface area contributed by atoms with Crippen LogP contribution in [0.15, 0.2) is 53.5 Å². The number of aryl methyl sites for hydroxylation is 1. The number of rotatable bonds is 3. The molecule has 1 aromatic carbocycles. The highest BCUT2D eigenvalue weighted by Gasteiger charge is 2.14. The number of aromatic amines is 1. The molecular weight excluding hydrogens is 306 g/mol. The van der Waals surface area contributed by atoms with E-state index in [1.165, 1.54) is 6.39 Å². The van der Waals surface area contributed by atoms with Gasteiger partial charge in [-0.15, -0.1) is 0 Å². The molecule has 4 rings (SSSR count). The molecule has 0 aliphatic carbocycles. The second-order valence-corrected chi connectivity index (χ2v) is 5.28. The zero-order valence-corrected chi connectivity index (χ0v) is 12.8. The summed E-state index contributed by atoms with van der Waals surface area (Å²) in [4.78, 5) is 28.0. The Morgan fingerprint density at radius 1 is 1.29 bits per heavy atom. The molecule has 4 aromatic rings. The van der Waals surface area contributed by atoms with Gasteiger partial charge >= 0.3 is 0 Å². The molecule has 7 nitrogen and oxygen atoms in total. The number of nitrogens with zero attached hydrogens (tertiary/aromatic N) is 3. The van der Waals surface area contributed by atoms with Gasteiger partial charge in [0.2, 0.25) is 0 Å². The number of anilines is 1. The highest BCUT2D eigenvalue weighted by atomic mass is 16.3. The van der Waals surface area contributed by atoms with E-state index in [-0.39, 0.29) is 5.91 Å². The van der Waals surface area contributed by atoms with Crippen molar-refractivity contribution < 1.29 is 9.21 Å². The summed E-state index contributed by atoms with van der Waals surface area (Å²) in [5, 5.41) is 2.89. The molecule has 0 bridgehead atoms. The molecule has 0 atom stereocenters. The molecule has 3 heterocycles. The van der Waals surface area contributed by atoms with Crippen LogP contribution in [0, 0.1) is 6.92 Å². The minimum absolute atomic E-state index is 0.235. The zero-order chi connectivity index (χ0) is 16.5. The zero-order valence-electron chi connectivity index (χ0n) is 12.8. The van der Waals surface area contributed by atoms with E-state index in [1.807, 2.05) is 31.2 Å². The van der Waals surface area contributed by atoms with E-state index >= 15 is 0 Å². The molecule has 24 heavy (non-hydrogen) atoms. The van der Waals surface area contributed by atoms with E-state index < -0.39 is 0 Å². The minimum Gasteiger partial charge on any atom is -0.444 e. The highest BCUT2D eigenvalue weighted by molar-refractivity contribution is 6.11. The van der Waals surface area contributed by atoms with Gasteiger partial charge in [-0.1, -0.05) is 12.1 Å². The van der Waals surface area contributed by atoms with Crippen LogP contribution in [0.25, 0.3) is 22.5 Å². The first-order valence-electron chi connectivity index (χ1n) is 7.32. The first-order chi connectivity index (χ1) is 11.7. The van der Waals surface area contributed by atoms with Crippen LogP contribution in [0.4, 0.5) is 5.69 Å². The molecular formula is C17H13N5O2. The molecule has 7 heteroatoms. The average molecular weight is 319 g/mol. The van der Waals surface area contributed by atoms with Crippen LogP contribution in [-0.4, -0.2) is 25.8 Å². The normalized spacial score (nSPS) is 10.9. The van der Waals surface area contributed by atoms with Gasteiger partial charge in [0.15, 0.2) is 17.8 Å². The predicted molar refractivity (Wildman–Crippen MR) is 88.5 cm³/mol. The Hall–Kier alpha value is -3.48. The summed E-state index contributed by atoms with van der Waals surface area (Å²) < 4.78 is 5.28. The minimum atomic E-state index is -0.235. The third kappa shape index (κ3) is 2.52. The Balaban J connectivity index is 1.65. The quantitative estimate of drug-likeness (QED) is 0.604. The van der Waals surface area contributed by atoms with Crippen molar-refractivity contribution in [2.75, 3.05) is 5.32 Å². The standard InChI is InChI=1S/C17H13N5O2/c1-10-20-15-13(5-6-19-16(15)21-10)17(23)22-12-4-2-3-11(7-12)14-8-18-9-24-14/h2-9H,1H3,(H,22,23)(H,19,20,21). The summed E-state index contributed by atoms with van der Waals surface area (Å²) in [6.07, 6.45) is 4.57. The number of hydrogen-bond acceptors (Lipinski definition) is 5. The van der Waals surface area contributed by atoms with Crippen molar-refractivity contribution in [3.8, 4) is 11.3 Å². The number of oxazole rings is 1. The van der Waals surface area contributed by atoms with Crippen molar-refractivity contribution in [1.29, 1.82) is 0 Å². The van der Waals surface area contributed by atoms with Crippen LogP contribution < -0.4 is 5.32 Å². The summed E-state index contributed by atoms with van der Waals surface area (Å²) in [5.41, 5.74) is 3.14. The summed E-state index contributed by atoms with van der Waals surface area (Å²) in [7, 11) is 0. The van der Waals surface area contributed by atoms with Crippen molar-refractivity contribution in [3.05, 3.63) is 60.5 Å². The highest BCUT2D eigenvalue weighted by Crippen LogP contribution is 2.23. The first kappa shape index (κ1) is 14.1. The molecule has 2 N–H and O–H groups in total. The lowest BCUT2D eigenvalue weighted by atomic mass is 10.1. The van der Waals surface area contributed by atoms with Gasteiger partial charge in [0.05, 0.1) is 17.3 Å². The largest absolute Gasteiger partial charge is 0.444 e. The average Bonchev–Trinajstić information content (AvgIpc) is 3.23. The van der Waals surface area contributed by atoms with Crippen molar-refractivity contribution in [2.24, 2.45) is 0 Å². The number of benzene rings is 1. The third-order valence-electron chi connectivity index (χ3n) is 3.59. The first-order valence-corrected chi connectivity index (χ1v) is 7.32. The summed E-state index contributed by atoms with van der Waals surface area (Å²) in [5.74, 6) is 1.12. The number of imidazole rings is 1. The van der Waals surface area contributed by atoms with E-state index in [0.717, 1.165) is 5.56 Å². The van der Waals surface area contributed by atoms with Crippen molar-refractivity contribution in [2.45, 2.75) is 6.92 Å². The van der Waals surface area contributed by atoms with Crippen LogP contribution in [0.2, 0.25) is 0 Å². The molecule has 1 amide bonds. The number of carbonyl (C=O) groups is 1. The van der Waals surface area contributed by atoms with Crippen LogP contribution in [0.1, 0.15) is 16.2 Å². The van der Waals surface area contributed by atoms with Crippen LogP contribution in [-0.2, 0) is 0 Å².